The number of aldehydes is 1. The van der Waals surface area contributed by atoms with Crippen molar-refractivity contribution in [3.05, 3.63) is 29.1 Å². The van der Waals surface area contributed by atoms with Gasteiger partial charge < -0.3 is 9.84 Å². The Morgan fingerprint density at radius 3 is 2.50 bits per heavy atom. The smallest absolute Gasteiger partial charge is 0.387 e. The van der Waals surface area contributed by atoms with E-state index in [1.807, 2.05) is 0 Å². The molecule has 16 heavy (non-hydrogen) atoms. The molecule has 7 heteroatoms. The molecule has 86 valence electrons. The van der Waals surface area contributed by atoms with Crippen LogP contribution in [0.4, 0.5) is 13.2 Å². The summed E-state index contributed by atoms with van der Waals surface area (Å²) in [6, 6.07) is 1.06. The maximum atomic E-state index is 13.0. The van der Waals surface area contributed by atoms with E-state index >= 15 is 0 Å². The molecule has 0 atom stereocenters. The van der Waals surface area contributed by atoms with E-state index in [9.17, 15) is 22.8 Å². The van der Waals surface area contributed by atoms with E-state index in [1.54, 1.807) is 0 Å². The predicted molar refractivity (Wildman–Crippen MR) is 45.4 cm³/mol. The lowest BCUT2D eigenvalue weighted by Crippen LogP contribution is -2.09. The molecule has 0 spiro atoms. The van der Waals surface area contributed by atoms with E-state index in [4.69, 9.17) is 5.11 Å². The molecule has 1 aromatic rings. The number of rotatable bonds is 4. The van der Waals surface area contributed by atoms with Crippen molar-refractivity contribution in [2.45, 2.75) is 6.61 Å². The zero-order chi connectivity index (χ0) is 12.3. The van der Waals surface area contributed by atoms with E-state index in [1.165, 1.54) is 0 Å². The molecule has 0 amide bonds. The molecule has 1 N–H and O–H groups in total. The molecule has 0 bridgehead atoms. The Labute approximate surface area is 87.3 Å². The molecule has 4 nitrogen and oxygen atoms in total. The lowest BCUT2D eigenvalue weighted by atomic mass is 10.1. The maximum Gasteiger partial charge on any atom is 0.387 e. The molecule has 0 saturated heterocycles. The number of carboxylic acid groups (broad SMARTS) is 1. The van der Waals surface area contributed by atoms with E-state index < -0.39 is 35.3 Å². The van der Waals surface area contributed by atoms with Crippen molar-refractivity contribution < 1.29 is 32.6 Å². The van der Waals surface area contributed by atoms with Crippen LogP contribution in [0.15, 0.2) is 12.1 Å². The molecule has 0 unspecified atom stereocenters. The first-order valence-corrected chi connectivity index (χ1v) is 3.92. The second kappa shape index (κ2) is 4.65. The average molecular weight is 234 g/mol. The highest BCUT2D eigenvalue weighted by Crippen LogP contribution is 2.24. The summed E-state index contributed by atoms with van der Waals surface area (Å²) in [6.45, 7) is -3.26. The van der Waals surface area contributed by atoms with Gasteiger partial charge in [-0.15, -0.1) is 0 Å². The Kier molecular flexibility index (Phi) is 3.49. The Balaban J connectivity index is 3.30. The maximum absolute atomic E-state index is 13.0. The summed E-state index contributed by atoms with van der Waals surface area (Å²) in [6.07, 6.45) is 0.0687. The number of halogens is 3. The van der Waals surface area contributed by atoms with Crippen molar-refractivity contribution in [2.24, 2.45) is 0 Å². The number of hydrogen-bond acceptors (Lipinski definition) is 3. The third kappa shape index (κ3) is 2.50. The first kappa shape index (κ1) is 12.0. The fraction of sp³-hybridized carbons (Fsp3) is 0.111. The van der Waals surface area contributed by atoms with Crippen LogP contribution in [0.1, 0.15) is 20.7 Å². The first-order valence-electron chi connectivity index (χ1n) is 3.92. The Bertz CT molecular complexity index is 431. The van der Waals surface area contributed by atoms with E-state index in [-0.39, 0.29) is 6.29 Å². The van der Waals surface area contributed by atoms with E-state index in [0.29, 0.717) is 12.1 Å². The fourth-order valence-corrected chi connectivity index (χ4v) is 1.02. The number of hydrogen-bond donors (Lipinski definition) is 1. The molecule has 0 aromatic heterocycles. The molecule has 0 aliphatic rings. The monoisotopic (exact) mass is 234 g/mol. The van der Waals surface area contributed by atoms with Gasteiger partial charge in [0.05, 0.1) is 5.56 Å². The van der Waals surface area contributed by atoms with Crippen molar-refractivity contribution in [3.8, 4) is 5.75 Å². The van der Waals surface area contributed by atoms with Crippen LogP contribution >= 0.6 is 0 Å². The summed E-state index contributed by atoms with van der Waals surface area (Å²) in [5.41, 5.74) is -1.33. The molecule has 0 aliphatic heterocycles. The second-order valence-corrected chi connectivity index (χ2v) is 2.67. The summed E-state index contributed by atoms with van der Waals surface area (Å²) in [4.78, 5) is 20.9. The van der Waals surface area contributed by atoms with Gasteiger partial charge in [-0.3, -0.25) is 4.79 Å². The Hall–Kier alpha value is -2.05. The van der Waals surface area contributed by atoms with Gasteiger partial charge in [-0.05, 0) is 12.1 Å². The summed E-state index contributed by atoms with van der Waals surface area (Å²) in [5, 5.41) is 8.59. The van der Waals surface area contributed by atoms with E-state index in [2.05, 4.69) is 4.74 Å². The lowest BCUT2D eigenvalue weighted by molar-refractivity contribution is -0.0504. The number of alkyl halides is 2. The van der Waals surface area contributed by atoms with Gasteiger partial charge in [0.25, 0.3) is 0 Å². The minimum atomic E-state index is -3.26. The molecule has 0 saturated carbocycles. The van der Waals surface area contributed by atoms with Crippen LogP contribution in [0, 0.1) is 5.82 Å². The minimum absolute atomic E-state index is 0.0687. The largest absolute Gasteiger partial charge is 0.478 e. The van der Waals surface area contributed by atoms with Crippen molar-refractivity contribution >= 4 is 12.3 Å². The SMILES string of the molecule is O=Cc1cc(OC(F)F)c(C(=O)O)cc1F. The van der Waals surface area contributed by atoms with E-state index in [0.717, 1.165) is 0 Å². The lowest BCUT2D eigenvalue weighted by Gasteiger charge is -2.08. The third-order valence-electron chi connectivity index (χ3n) is 1.67. The average Bonchev–Trinajstić information content (AvgIpc) is 2.19. The molecule has 0 heterocycles. The number of ether oxygens (including phenoxy) is 1. The topological polar surface area (TPSA) is 63.6 Å². The minimum Gasteiger partial charge on any atom is -0.478 e. The summed E-state index contributed by atoms with van der Waals surface area (Å²) in [7, 11) is 0. The van der Waals surface area contributed by atoms with Crippen LogP contribution in [-0.2, 0) is 0 Å². The standard InChI is InChI=1S/C9H5F3O4/c10-6-2-5(8(14)15)7(16-9(11)12)1-4(6)3-13/h1-3,9H,(H,14,15). The van der Waals surface area contributed by atoms with Crippen LogP contribution in [0.2, 0.25) is 0 Å². The van der Waals surface area contributed by atoms with Crippen molar-refractivity contribution in [1.29, 1.82) is 0 Å². The molecule has 1 rings (SSSR count). The molecule has 0 aliphatic carbocycles. The van der Waals surface area contributed by atoms with Crippen molar-refractivity contribution in [2.75, 3.05) is 0 Å². The van der Waals surface area contributed by atoms with Crippen LogP contribution in [0.3, 0.4) is 0 Å². The molecular weight excluding hydrogens is 229 g/mol. The van der Waals surface area contributed by atoms with Crippen LogP contribution < -0.4 is 4.74 Å². The zero-order valence-corrected chi connectivity index (χ0v) is 7.62. The number of carboxylic acids is 1. The number of carbonyl (C=O) groups excluding carboxylic acids is 1. The number of benzene rings is 1. The molecule has 1 aromatic carbocycles. The highest BCUT2D eigenvalue weighted by Gasteiger charge is 2.18. The summed E-state index contributed by atoms with van der Waals surface area (Å²) < 4.78 is 40.7. The molecule has 0 radical (unpaired) electrons. The van der Waals surface area contributed by atoms with Crippen molar-refractivity contribution in [1.82, 2.24) is 0 Å². The highest BCUT2D eigenvalue weighted by molar-refractivity contribution is 5.92. The van der Waals surface area contributed by atoms with Gasteiger partial charge in [-0.2, -0.15) is 8.78 Å². The molecular formula is C9H5F3O4. The number of aromatic carboxylic acids is 1. The van der Waals surface area contributed by atoms with Gasteiger partial charge in [0.15, 0.2) is 6.29 Å². The van der Waals surface area contributed by atoms with Crippen LogP contribution in [0.25, 0.3) is 0 Å². The quantitative estimate of drug-likeness (QED) is 0.808. The van der Waals surface area contributed by atoms with Gasteiger partial charge in [0, 0.05) is 0 Å². The Morgan fingerprint density at radius 2 is 2.06 bits per heavy atom. The Morgan fingerprint density at radius 1 is 1.44 bits per heavy atom. The second-order valence-electron chi connectivity index (χ2n) is 2.67. The van der Waals surface area contributed by atoms with Gasteiger partial charge in [0.2, 0.25) is 0 Å². The first-order chi connectivity index (χ1) is 7.45. The normalized spacial score (nSPS) is 10.2. The predicted octanol–water partition coefficient (Wildman–Crippen LogP) is 1.94. The third-order valence-corrected chi connectivity index (χ3v) is 1.67. The molecule has 0 fully saturated rings. The highest BCUT2D eigenvalue weighted by atomic mass is 19.3. The van der Waals surface area contributed by atoms with Crippen molar-refractivity contribution in [3.63, 3.8) is 0 Å². The van der Waals surface area contributed by atoms with Gasteiger partial charge in [-0.1, -0.05) is 0 Å². The number of carbonyl (C=O) groups is 2. The van der Waals surface area contributed by atoms with Crippen LogP contribution in [0.5, 0.6) is 5.75 Å². The summed E-state index contributed by atoms with van der Waals surface area (Å²) in [5.74, 6) is -3.51. The van der Waals surface area contributed by atoms with Gasteiger partial charge in [0.1, 0.15) is 17.1 Å². The zero-order valence-electron chi connectivity index (χ0n) is 7.62. The van der Waals surface area contributed by atoms with Crippen LogP contribution in [-0.4, -0.2) is 24.0 Å². The summed E-state index contributed by atoms with van der Waals surface area (Å²) >= 11 is 0. The van der Waals surface area contributed by atoms with Gasteiger partial charge in [-0.25, -0.2) is 9.18 Å². The fourth-order valence-electron chi connectivity index (χ4n) is 1.02. The van der Waals surface area contributed by atoms with Gasteiger partial charge >= 0.3 is 12.6 Å².